The van der Waals surface area contributed by atoms with E-state index in [9.17, 15) is 0 Å². The molecule has 0 saturated heterocycles. The van der Waals surface area contributed by atoms with Gasteiger partial charge < -0.3 is 10.5 Å². The lowest BCUT2D eigenvalue weighted by Gasteiger charge is -2.27. The standard InChI is InChI=1S/C13H20ClNO/c1-9-7-10(14)8-11(12(9)16-4)13(2,3)5-6-15/h7-8H,5-6,15H2,1-4H3. The van der Waals surface area contributed by atoms with Crippen molar-refractivity contribution < 1.29 is 4.74 Å². The second-order valence-corrected chi connectivity index (χ2v) is 5.16. The molecule has 0 bridgehead atoms. The van der Waals surface area contributed by atoms with Crippen molar-refractivity contribution in [3.63, 3.8) is 0 Å². The zero-order valence-corrected chi connectivity index (χ0v) is 11.2. The Morgan fingerprint density at radius 3 is 2.50 bits per heavy atom. The molecule has 0 radical (unpaired) electrons. The van der Waals surface area contributed by atoms with E-state index >= 15 is 0 Å². The van der Waals surface area contributed by atoms with Gasteiger partial charge in [-0.05, 0) is 43.0 Å². The van der Waals surface area contributed by atoms with Crippen molar-refractivity contribution in [3.8, 4) is 5.75 Å². The molecule has 0 amide bonds. The van der Waals surface area contributed by atoms with Gasteiger partial charge in [0.1, 0.15) is 5.75 Å². The molecule has 0 atom stereocenters. The smallest absolute Gasteiger partial charge is 0.125 e. The molecular weight excluding hydrogens is 222 g/mol. The van der Waals surface area contributed by atoms with Crippen molar-refractivity contribution in [2.75, 3.05) is 13.7 Å². The molecule has 3 heteroatoms. The van der Waals surface area contributed by atoms with E-state index in [2.05, 4.69) is 13.8 Å². The number of rotatable bonds is 4. The Labute approximate surface area is 103 Å². The van der Waals surface area contributed by atoms with Crippen LogP contribution in [0.1, 0.15) is 31.4 Å². The summed E-state index contributed by atoms with van der Waals surface area (Å²) in [6, 6.07) is 3.89. The fourth-order valence-electron chi connectivity index (χ4n) is 2.00. The van der Waals surface area contributed by atoms with Gasteiger partial charge >= 0.3 is 0 Å². The van der Waals surface area contributed by atoms with E-state index < -0.39 is 0 Å². The summed E-state index contributed by atoms with van der Waals surface area (Å²) >= 11 is 6.10. The van der Waals surface area contributed by atoms with E-state index in [1.54, 1.807) is 7.11 Å². The van der Waals surface area contributed by atoms with Crippen molar-refractivity contribution in [2.45, 2.75) is 32.6 Å². The van der Waals surface area contributed by atoms with Gasteiger partial charge in [-0.3, -0.25) is 0 Å². The second-order valence-electron chi connectivity index (χ2n) is 4.73. The average molecular weight is 242 g/mol. The first-order valence-corrected chi connectivity index (χ1v) is 5.85. The summed E-state index contributed by atoms with van der Waals surface area (Å²) in [6.07, 6.45) is 0.906. The quantitative estimate of drug-likeness (QED) is 0.878. The fourth-order valence-corrected chi connectivity index (χ4v) is 2.27. The first-order valence-electron chi connectivity index (χ1n) is 5.47. The first kappa shape index (κ1) is 13.3. The van der Waals surface area contributed by atoms with Gasteiger partial charge in [0.05, 0.1) is 7.11 Å². The van der Waals surface area contributed by atoms with Crippen molar-refractivity contribution >= 4 is 11.6 Å². The SMILES string of the molecule is COc1c(C)cc(Cl)cc1C(C)(C)CCN. The molecule has 2 nitrogen and oxygen atoms in total. The maximum atomic E-state index is 6.10. The molecule has 1 aromatic carbocycles. The summed E-state index contributed by atoms with van der Waals surface area (Å²) in [5.74, 6) is 0.919. The minimum atomic E-state index is -0.0181. The van der Waals surface area contributed by atoms with Gasteiger partial charge in [0, 0.05) is 10.6 Å². The summed E-state index contributed by atoms with van der Waals surface area (Å²) in [5, 5.41) is 0.749. The maximum absolute atomic E-state index is 6.10. The van der Waals surface area contributed by atoms with Crippen LogP contribution in [0.4, 0.5) is 0 Å². The summed E-state index contributed by atoms with van der Waals surface area (Å²) < 4.78 is 5.46. The minimum absolute atomic E-state index is 0.0181. The van der Waals surface area contributed by atoms with Gasteiger partial charge in [0.25, 0.3) is 0 Å². The highest BCUT2D eigenvalue weighted by molar-refractivity contribution is 6.30. The normalized spacial score (nSPS) is 11.6. The number of halogens is 1. The van der Waals surface area contributed by atoms with Crippen molar-refractivity contribution in [3.05, 3.63) is 28.3 Å². The van der Waals surface area contributed by atoms with Crippen LogP contribution in [-0.2, 0) is 5.41 Å². The molecular formula is C13H20ClNO. The van der Waals surface area contributed by atoms with Crippen LogP contribution in [-0.4, -0.2) is 13.7 Å². The highest BCUT2D eigenvalue weighted by Gasteiger charge is 2.25. The van der Waals surface area contributed by atoms with Crippen molar-refractivity contribution in [2.24, 2.45) is 5.73 Å². The molecule has 0 saturated carbocycles. The number of benzene rings is 1. The van der Waals surface area contributed by atoms with Gasteiger partial charge in [0.15, 0.2) is 0 Å². The van der Waals surface area contributed by atoms with E-state index in [0.717, 1.165) is 28.3 Å². The molecule has 0 heterocycles. The molecule has 0 fully saturated rings. The van der Waals surface area contributed by atoms with Gasteiger partial charge in [-0.1, -0.05) is 25.4 Å². The molecule has 90 valence electrons. The molecule has 0 aliphatic heterocycles. The van der Waals surface area contributed by atoms with Crippen LogP contribution in [0.15, 0.2) is 12.1 Å². The van der Waals surface area contributed by atoms with Crippen LogP contribution in [0.2, 0.25) is 5.02 Å². The summed E-state index contributed by atoms with van der Waals surface area (Å²) in [6.45, 7) is 6.98. The second kappa shape index (κ2) is 5.07. The van der Waals surface area contributed by atoms with Crippen molar-refractivity contribution in [1.82, 2.24) is 0 Å². The van der Waals surface area contributed by atoms with Crippen LogP contribution >= 0.6 is 11.6 Å². The summed E-state index contributed by atoms with van der Waals surface area (Å²) in [4.78, 5) is 0. The molecule has 0 aromatic heterocycles. The Kier molecular flexibility index (Phi) is 4.22. The van der Waals surface area contributed by atoms with Crippen LogP contribution in [0, 0.1) is 6.92 Å². The molecule has 1 rings (SSSR count). The van der Waals surface area contributed by atoms with Crippen LogP contribution in [0.5, 0.6) is 5.75 Å². The number of methoxy groups -OCH3 is 1. The third-order valence-electron chi connectivity index (χ3n) is 2.94. The Bertz CT molecular complexity index is 374. The van der Waals surface area contributed by atoms with Gasteiger partial charge in [-0.15, -0.1) is 0 Å². The Hall–Kier alpha value is -0.730. The number of hydrogen-bond donors (Lipinski definition) is 1. The number of hydrogen-bond acceptors (Lipinski definition) is 2. The van der Waals surface area contributed by atoms with E-state index in [1.807, 2.05) is 19.1 Å². The minimum Gasteiger partial charge on any atom is -0.496 e. The monoisotopic (exact) mass is 241 g/mol. The van der Waals surface area contributed by atoms with E-state index in [0.29, 0.717) is 6.54 Å². The number of nitrogens with two attached hydrogens (primary N) is 1. The lowest BCUT2D eigenvalue weighted by Crippen LogP contribution is -2.22. The molecule has 1 aromatic rings. The summed E-state index contributed by atoms with van der Waals surface area (Å²) in [5.41, 5.74) is 7.82. The third kappa shape index (κ3) is 2.69. The molecule has 0 aliphatic rings. The Balaban J connectivity index is 3.30. The zero-order valence-electron chi connectivity index (χ0n) is 10.4. The molecule has 2 N–H and O–H groups in total. The lowest BCUT2D eigenvalue weighted by molar-refractivity contribution is 0.384. The highest BCUT2D eigenvalue weighted by Crippen LogP contribution is 2.38. The topological polar surface area (TPSA) is 35.2 Å². The molecule has 16 heavy (non-hydrogen) atoms. The Morgan fingerprint density at radius 1 is 1.38 bits per heavy atom. The van der Waals surface area contributed by atoms with Crippen LogP contribution in [0.25, 0.3) is 0 Å². The number of ether oxygens (including phenoxy) is 1. The average Bonchev–Trinajstić information content (AvgIpc) is 2.16. The predicted molar refractivity (Wildman–Crippen MR) is 69.4 cm³/mol. The fraction of sp³-hybridized carbons (Fsp3) is 0.538. The van der Waals surface area contributed by atoms with Gasteiger partial charge in [-0.25, -0.2) is 0 Å². The third-order valence-corrected chi connectivity index (χ3v) is 3.16. The van der Waals surface area contributed by atoms with Gasteiger partial charge in [0.2, 0.25) is 0 Å². The van der Waals surface area contributed by atoms with E-state index in [-0.39, 0.29) is 5.41 Å². The molecule has 0 aliphatic carbocycles. The maximum Gasteiger partial charge on any atom is 0.125 e. The van der Waals surface area contributed by atoms with Gasteiger partial charge in [-0.2, -0.15) is 0 Å². The highest BCUT2D eigenvalue weighted by atomic mass is 35.5. The lowest BCUT2D eigenvalue weighted by atomic mass is 9.80. The van der Waals surface area contributed by atoms with Crippen LogP contribution in [0.3, 0.4) is 0 Å². The molecule has 0 unspecified atom stereocenters. The summed E-state index contributed by atoms with van der Waals surface area (Å²) in [7, 11) is 1.69. The first-order chi connectivity index (χ1) is 7.42. The van der Waals surface area contributed by atoms with Crippen molar-refractivity contribution in [1.29, 1.82) is 0 Å². The number of aryl methyl sites for hydroxylation is 1. The Morgan fingerprint density at radius 2 is 2.00 bits per heavy atom. The predicted octanol–water partition coefficient (Wildman–Crippen LogP) is 3.28. The largest absolute Gasteiger partial charge is 0.496 e. The van der Waals surface area contributed by atoms with E-state index in [4.69, 9.17) is 22.1 Å². The van der Waals surface area contributed by atoms with E-state index in [1.165, 1.54) is 0 Å². The zero-order chi connectivity index (χ0) is 12.3. The molecule has 0 spiro atoms. The van der Waals surface area contributed by atoms with Crippen LogP contribution < -0.4 is 10.5 Å².